The minimum absolute atomic E-state index is 0.0308. The monoisotopic (exact) mass is 380 g/mol. The Balaban J connectivity index is 1.66. The predicted molar refractivity (Wildman–Crippen MR) is 105 cm³/mol. The molecule has 1 aliphatic heterocycles. The van der Waals surface area contributed by atoms with Crippen molar-refractivity contribution in [3.8, 4) is 0 Å². The van der Waals surface area contributed by atoms with Crippen molar-refractivity contribution in [2.24, 2.45) is 5.10 Å². The molecule has 0 bridgehead atoms. The van der Waals surface area contributed by atoms with E-state index >= 15 is 0 Å². The van der Waals surface area contributed by atoms with Crippen LogP contribution in [0.1, 0.15) is 21.6 Å². The number of hydrogen-bond acceptors (Lipinski definition) is 7. The summed E-state index contributed by atoms with van der Waals surface area (Å²) in [5, 5.41) is 13.5. The van der Waals surface area contributed by atoms with Crippen LogP contribution < -0.4 is 10.3 Å². The minimum Gasteiger partial charge on any atom is -0.476 e. The summed E-state index contributed by atoms with van der Waals surface area (Å²) in [6.07, 6.45) is 4.86. The highest BCUT2D eigenvalue weighted by atomic mass is 16.5. The van der Waals surface area contributed by atoms with E-state index in [1.807, 2.05) is 36.1 Å². The molecule has 28 heavy (non-hydrogen) atoms. The molecule has 1 aliphatic rings. The number of ether oxygens (including phenoxy) is 1. The molecule has 0 saturated carbocycles. The van der Waals surface area contributed by atoms with Gasteiger partial charge in [-0.2, -0.15) is 5.10 Å². The summed E-state index contributed by atoms with van der Waals surface area (Å²) < 4.78 is 7.06. The number of anilines is 2. The lowest BCUT2D eigenvalue weighted by Gasteiger charge is -2.28. The van der Waals surface area contributed by atoms with Gasteiger partial charge in [0.1, 0.15) is 0 Å². The van der Waals surface area contributed by atoms with E-state index in [4.69, 9.17) is 4.74 Å². The largest absolute Gasteiger partial charge is 0.476 e. The van der Waals surface area contributed by atoms with Crippen molar-refractivity contribution < 1.29 is 14.6 Å². The third-order valence-electron chi connectivity index (χ3n) is 4.38. The molecule has 1 fully saturated rings. The van der Waals surface area contributed by atoms with Gasteiger partial charge in [0, 0.05) is 19.3 Å². The van der Waals surface area contributed by atoms with Crippen LogP contribution in [0.2, 0.25) is 0 Å². The molecule has 0 radical (unpaired) electrons. The Morgan fingerprint density at radius 2 is 2.11 bits per heavy atom. The number of carbonyl (C=O) groups is 1. The number of carboxylic acids is 1. The summed E-state index contributed by atoms with van der Waals surface area (Å²) >= 11 is 0. The quantitative estimate of drug-likeness (QED) is 0.515. The topological polar surface area (TPSA) is 104 Å². The molecule has 2 aromatic heterocycles. The lowest BCUT2D eigenvalue weighted by molar-refractivity contribution is 0.0691. The van der Waals surface area contributed by atoms with Crippen molar-refractivity contribution in [1.29, 1.82) is 0 Å². The Morgan fingerprint density at radius 1 is 1.29 bits per heavy atom. The Morgan fingerprint density at radius 3 is 2.86 bits per heavy atom. The molecule has 1 saturated heterocycles. The molecule has 3 aromatic rings. The highest BCUT2D eigenvalue weighted by Crippen LogP contribution is 2.23. The average molecular weight is 380 g/mol. The number of carboxylic acid groups (broad SMARTS) is 1. The number of imidazole rings is 1. The van der Waals surface area contributed by atoms with Gasteiger partial charge >= 0.3 is 5.97 Å². The molecule has 0 atom stereocenters. The fourth-order valence-electron chi connectivity index (χ4n) is 3.05. The highest BCUT2D eigenvalue weighted by molar-refractivity contribution is 5.87. The lowest BCUT2D eigenvalue weighted by Crippen LogP contribution is -2.37. The maximum Gasteiger partial charge on any atom is 0.356 e. The number of aromatic nitrogens is 3. The molecule has 3 heterocycles. The summed E-state index contributed by atoms with van der Waals surface area (Å²) in [6.45, 7) is 4.52. The number of aryl methyl sites for hydroxylation is 1. The SMILES string of the molecule is Cc1cccc(/C=N/Nc2cn3cc(C(=O)O)nc3c(N3CCOCC3)n2)c1. The van der Waals surface area contributed by atoms with Crippen molar-refractivity contribution >= 4 is 29.5 Å². The number of hydrazone groups is 1. The van der Waals surface area contributed by atoms with Gasteiger partial charge in [0.05, 0.1) is 25.6 Å². The third kappa shape index (κ3) is 3.79. The number of benzene rings is 1. The van der Waals surface area contributed by atoms with E-state index in [0.29, 0.717) is 43.6 Å². The summed E-state index contributed by atoms with van der Waals surface area (Å²) in [7, 11) is 0. The second-order valence-electron chi connectivity index (χ2n) is 6.50. The Labute approximate surface area is 161 Å². The van der Waals surface area contributed by atoms with Crippen molar-refractivity contribution in [2.75, 3.05) is 36.6 Å². The molecule has 0 aliphatic carbocycles. The van der Waals surface area contributed by atoms with Crippen molar-refractivity contribution in [2.45, 2.75) is 6.92 Å². The summed E-state index contributed by atoms with van der Waals surface area (Å²) in [6, 6.07) is 7.98. The van der Waals surface area contributed by atoms with Crippen LogP contribution in [-0.2, 0) is 4.74 Å². The number of nitrogens with one attached hydrogen (secondary N) is 1. The number of rotatable bonds is 5. The maximum absolute atomic E-state index is 11.3. The van der Waals surface area contributed by atoms with Crippen LogP contribution in [-0.4, -0.2) is 58.0 Å². The normalized spacial score (nSPS) is 14.7. The molecule has 9 heteroatoms. The first-order valence-corrected chi connectivity index (χ1v) is 8.91. The first-order chi connectivity index (χ1) is 13.6. The van der Waals surface area contributed by atoms with Gasteiger partial charge in [-0.25, -0.2) is 14.8 Å². The van der Waals surface area contributed by atoms with Crippen molar-refractivity contribution in [3.05, 3.63) is 53.5 Å². The van der Waals surface area contributed by atoms with Crippen LogP contribution in [0, 0.1) is 6.92 Å². The molecule has 2 N–H and O–H groups in total. The number of aromatic carboxylic acids is 1. The first kappa shape index (κ1) is 17.9. The molecule has 0 unspecified atom stereocenters. The van der Waals surface area contributed by atoms with E-state index in [1.54, 1.807) is 16.8 Å². The Kier molecular flexibility index (Phi) is 4.90. The second kappa shape index (κ2) is 7.65. The van der Waals surface area contributed by atoms with E-state index < -0.39 is 5.97 Å². The zero-order valence-corrected chi connectivity index (χ0v) is 15.4. The Hall–Kier alpha value is -3.46. The van der Waals surface area contributed by atoms with Gasteiger partial charge in [0.15, 0.2) is 23.0 Å². The number of hydrogen-bond donors (Lipinski definition) is 2. The van der Waals surface area contributed by atoms with Crippen LogP contribution in [0.3, 0.4) is 0 Å². The molecule has 9 nitrogen and oxygen atoms in total. The molecule has 144 valence electrons. The molecule has 1 aromatic carbocycles. The van der Waals surface area contributed by atoms with Crippen LogP contribution >= 0.6 is 0 Å². The van der Waals surface area contributed by atoms with Gasteiger partial charge in [-0.05, 0) is 12.5 Å². The van der Waals surface area contributed by atoms with Gasteiger partial charge in [0.2, 0.25) is 0 Å². The van der Waals surface area contributed by atoms with E-state index in [0.717, 1.165) is 11.1 Å². The fourth-order valence-corrected chi connectivity index (χ4v) is 3.05. The number of fused-ring (bicyclic) bond motifs is 1. The average Bonchev–Trinajstić information content (AvgIpc) is 3.13. The summed E-state index contributed by atoms with van der Waals surface area (Å²) in [5.41, 5.74) is 5.51. The number of morpholine rings is 1. The van der Waals surface area contributed by atoms with Crippen LogP contribution in [0.4, 0.5) is 11.6 Å². The standard InChI is InChI=1S/C19H20N6O3/c1-13-3-2-4-14(9-13)10-20-23-16-12-25-11-15(19(26)27)21-17(25)18(22-16)24-5-7-28-8-6-24/h2-4,9-12,23H,5-8H2,1H3,(H,26,27)/b20-10+. The maximum atomic E-state index is 11.3. The minimum atomic E-state index is -1.08. The molecule has 4 rings (SSSR count). The van der Waals surface area contributed by atoms with Gasteiger partial charge < -0.3 is 14.7 Å². The lowest BCUT2D eigenvalue weighted by atomic mass is 10.2. The van der Waals surface area contributed by atoms with Gasteiger partial charge in [-0.15, -0.1) is 0 Å². The van der Waals surface area contributed by atoms with Crippen LogP contribution in [0.5, 0.6) is 0 Å². The van der Waals surface area contributed by atoms with Gasteiger partial charge in [-0.3, -0.25) is 9.83 Å². The molecule has 0 amide bonds. The zero-order chi connectivity index (χ0) is 19.5. The molecule has 0 spiro atoms. The van der Waals surface area contributed by atoms with Crippen molar-refractivity contribution in [3.63, 3.8) is 0 Å². The highest BCUT2D eigenvalue weighted by Gasteiger charge is 2.20. The third-order valence-corrected chi connectivity index (χ3v) is 4.38. The Bertz CT molecular complexity index is 1040. The van der Waals surface area contributed by atoms with E-state index in [9.17, 15) is 9.90 Å². The van der Waals surface area contributed by atoms with Gasteiger partial charge in [0.25, 0.3) is 0 Å². The number of nitrogens with zero attached hydrogens (tertiary/aromatic N) is 5. The first-order valence-electron chi connectivity index (χ1n) is 8.91. The zero-order valence-electron chi connectivity index (χ0n) is 15.4. The van der Waals surface area contributed by atoms with Gasteiger partial charge in [-0.1, -0.05) is 29.8 Å². The summed E-state index contributed by atoms with van der Waals surface area (Å²) in [5.74, 6) is 0.0161. The second-order valence-corrected chi connectivity index (χ2v) is 6.50. The smallest absolute Gasteiger partial charge is 0.356 e. The van der Waals surface area contributed by atoms with E-state index in [2.05, 4.69) is 20.5 Å². The van der Waals surface area contributed by atoms with Crippen molar-refractivity contribution in [1.82, 2.24) is 14.4 Å². The fraction of sp³-hybridized carbons (Fsp3) is 0.263. The van der Waals surface area contributed by atoms with E-state index in [-0.39, 0.29) is 5.69 Å². The van der Waals surface area contributed by atoms with E-state index in [1.165, 1.54) is 6.20 Å². The van der Waals surface area contributed by atoms with Crippen LogP contribution in [0.15, 0.2) is 41.8 Å². The molecular formula is C19H20N6O3. The predicted octanol–water partition coefficient (Wildman–Crippen LogP) is 2.02. The van der Waals surface area contributed by atoms with Crippen LogP contribution in [0.25, 0.3) is 5.65 Å². The molecular weight excluding hydrogens is 360 g/mol. The summed E-state index contributed by atoms with van der Waals surface area (Å²) in [4.78, 5) is 22.2.